The van der Waals surface area contributed by atoms with Crippen LogP contribution >= 0.6 is 0 Å². The maximum absolute atomic E-state index is 14.7. The first-order valence-corrected chi connectivity index (χ1v) is 8.83. The fourth-order valence-corrected chi connectivity index (χ4v) is 2.40. The summed E-state index contributed by atoms with van der Waals surface area (Å²) in [5.41, 5.74) is -0.934. The SMILES string of the molecule is CC\C=C(O)/C=C\C(=C/CC)C(F)(F)OC1=CC(C)(CC)C=C(O)C=C1. The highest BCUT2D eigenvalue weighted by molar-refractivity contribution is 5.33. The lowest BCUT2D eigenvalue weighted by atomic mass is 9.86. The topological polar surface area (TPSA) is 49.7 Å². The van der Waals surface area contributed by atoms with Crippen molar-refractivity contribution in [3.05, 3.63) is 71.5 Å². The summed E-state index contributed by atoms with van der Waals surface area (Å²) in [7, 11) is 0. The van der Waals surface area contributed by atoms with Gasteiger partial charge in [0.15, 0.2) is 0 Å². The molecule has 2 N–H and O–H groups in total. The Hall–Kier alpha value is -2.30. The normalized spacial score (nSPS) is 22.2. The van der Waals surface area contributed by atoms with Crippen LogP contribution in [0.3, 0.4) is 0 Å². The maximum atomic E-state index is 14.7. The summed E-state index contributed by atoms with van der Waals surface area (Å²) in [4.78, 5) is 0. The summed E-state index contributed by atoms with van der Waals surface area (Å²) in [6.45, 7) is 7.31. The number of hydrogen-bond donors (Lipinski definition) is 2. The highest BCUT2D eigenvalue weighted by atomic mass is 19.3. The van der Waals surface area contributed by atoms with E-state index in [0.29, 0.717) is 19.3 Å². The van der Waals surface area contributed by atoms with Crippen LogP contribution in [0.1, 0.15) is 47.0 Å². The summed E-state index contributed by atoms with van der Waals surface area (Å²) < 4.78 is 34.4. The number of alkyl halides is 2. The van der Waals surface area contributed by atoms with Crippen LogP contribution in [0.25, 0.3) is 0 Å². The summed E-state index contributed by atoms with van der Waals surface area (Å²) in [5, 5.41) is 19.4. The van der Waals surface area contributed by atoms with E-state index in [0.717, 1.165) is 6.08 Å². The number of rotatable bonds is 8. The van der Waals surface area contributed by atoms with Crippen LogP contribution in [0.5, 0.6) is 0 Å². The van der Waals surface area contributed by atoms with Crippen LogP contribution in [-0.4, -0.2) is 16.3 Å². The molecule has 0 saturated carbocycles. The Morgan fingerprint density at radius 1 is 1.12 bits per heavy atom. The lowest BCUT2D eigenvalue weighted by Gasteiger charge is -2.23. The van der Waals surface area contributed by atoms with Gasteiger partial charge in [0.2, 0.25) is 0 Å². The number of halogens is 2. The summed E-state index contributed by atoms with van der Waals surface area (Å²) in [5.74, 6) is -0.0960. The molecule has 0 aliphatic heterocycles. The van der Waals surface area contributed by atoms with E-state index in [1.807, 2.05) is 20.8 Å². The van der Waals surface area contributed by atoms with Gasteiger partial charge in [0.1, 0.15) is 17.3 Å². The van der Waals surface area contributed by atoms with Crippen LogP contribution in [0.2, 0.25) is 0 Å². The Morgan fingerprint density at radius 3 is 2.35 bits per heavy atom. The van der Waals surface area contributed by atoms with Crippen LogP contribution in [-0.2, 0) is 4.74 Å². The first-order valence-electron chi connectivity index (χ1n) is 8.83. The van der Waals surface area contributed by atoms with Crippen molar-refractivity contribution in [3.63, 3.8) is 0 Å². The molecule has 0 spiro atoms. The standard InChI is InChI=1S/C21H28F2O3/c1-5-8-16(10-11-17(24)9-6-2)21(22,23)26-19-13-12-18(25)14-20(4,7-3)15-19/h8-15,24-25H,5-7H2,1-4H3/b11-10-,16-8+,17-9+. The quantitative estimate of drug-likeness (QED) is 0.373. The zero-order chi connectivity index (χ0) is 19.8. The molecule has 1 rings (SSSR count). The molecule has 1 aliphatic carbocycles. The Kier molecular flexibility index (Phi) is 7.87. The van der Waals surface area contributed by atoms with Crippen molar-refractivity contribution >= 4 is 0 Å². The third-order valence-electron chi connectivity index (χ3n) is 3.98. The zero-order valence-electron chi connectivity index (χ0n) is 15.8. The minimum atomic E-state index is -3.58. The lowest BCUT2D eigenvalue weighted by Crippen LogP contribution is -2.23. The predicted octanol–water partition coefficient (Wildman–Crippen LogP) is 6.65. The second-order valence-corrected chi connectivity index (χ2v) is 6.37. The van der Waals surface area contributed by atoms with E-state index in [9.17, 15) is 19.0 Å². The van der Waals surface area contributed by atoms with E-state index in [1.165, 1.54) is 30.4 Å². The molecule has 0 saturated heterocycles. The van der Waals surface area contributed by atoms with Gasteiger partial charge >= 0.3 is 6.11 Å². The fraction of sp³-hybridized carbons (Fsp3) is 0.429. The average Bonchev–Trinajstić information content (AvgIpc) is 2.69. The first-order chi connectivity index (χ1) is 12.2. The molecule has 0 aromatic rings. The first kappa shape index (κ1) is 21.7. The van der Waals surface area contributed by atoms with Gasteiger partial charge < -0.3 is 14.9 Å². The second-order valence-electron chi connectivity index (χ2n) is 6.37. The second kappa shape index (κ2) is 9.41. The van der Waals surface area contributed by atoms with Gasteiger partial charge in [-0.2, -0.15) is 8.78 Å². The van der Waals surface area contributed by atoms with E-state index in [1.54, 1.807) is 19.1 Å². The molecule has 1 unspecified atom stereocenters. The molecule has 3 nitrogen and oxygen atoms in total. The minimum Gasteiger partial charge on any atom is -0.508 e. The molecule has 0 aromatic carbocycles. The molecule has 5 heteroatoms. The van der Waals surface area contributed by atoms with Crippen molar-refractivity contribution < 1.29 is 23.7 Å². The van der Waals surface area contributed by atoms with E-state index in [-0.39, 0.29) is 22.9 Å². The number of hydrogen-bond acceptors (Lipinski definition) is 3. The molecular formula is C21H28F2O3. The van der Waals surface area contributed by atoms with E-state index in [2.05, 4.69) is 0 Å². The van der Waals surface area contributed by atoms with Crippen LogP contribution in [0, 0.1) is 5.41 Å². The molecule has 26 heavy (non-hydrogen) atoms. The molecule has 0 aromatic heterocycles. The van der Waals surface area contributed by atoms with Gasteiger partial charge in [-0.3, -0.25) is 0 Å². The van der Waals surface area contributed by atoms with E-state index in [4.69, 9.17) is 4.74 Å². The highest BCUT2D eigenvalue weighted by Crippen LogP contribution is 2.35. The predicted molar refractivity (Wildman–Crippen MR) is 101 cm³/mol. The smallest absolute Gasteiger partial charge is 0.426 e. The van der Waals surface area contributed by atoms with E-state index < -0.39 is 11.5 Å². The van der Waals surface area contributed by atoms with Gasteiger partial charge in [-0.1, -0.05) is 33.8 Å². The van der Waals surface area contributed by atoms with Gasteiger partial charge in [0, 0.05) is 5.41 Å². The van der Waals surface area contributed by atoms with Gasteiger partial charge in [-0.05, 0) is 61.8 Å². The largest absolute Gasteiger partial charge is 0.508 e. The lowest BCUT2D eigenvalue weighted by molar-refractivity contribution is -0.177. The highest BCUT2D eigenvalue weighted by Gasteiger charge is 2.36. The van der Waals surface area contributed by atoms with Crippen LogP contribution < -0.4 is 0 Å². The minimum absolute atomic E-state index is 0.00589. The Bertz CT molecular complexity index is 667. The Balaban J connectivity index is 3.12. The summed E-state index contributed by atoms with van der Waals surface area (Å²) in [6, 6.07) is 0. The van der Waals surface area contributed by atoms with Gasteiger partial charge in [-0.25, -0.2) is 0 Å². The van der Waals surface area contributed by atoms with Crippen LogP contribution in [0.4, 0.5) is 8.78 Å². The average molecular weight is 366 g/mol. The Labute approximate surface area is 154 Å². The number of aliphatic hydroxyl groups is 2. The number of ether oxygens (including phenoxy) is 1. The van der Waals surface area contributed by atoms with Crippen molar-refractivity contribution in [2.24, 2.45) is 5.41 Å². The summed E-state index contributed by atoms with van der Waals surface area (Å²) in [6.07, 6.45) is 9.11. The molecule has 0 heterocycles. The summed E-state index contributed by atoms with van der Waals surface area (Å²) >= 11 is 0. The van der Waals surface area contributed by atoms with Crippen molar-refractivity contribution in [3.8, 4) is 0 Å². The van der Waals surface area contributed by atoms with Gasteiger partial charge in [0.25, 0.3) is 0 Å². The van der Waals surface area contributed by atoms with Crippen molar-refractivity contribution in [1.29, 1.82) is 0 Å². The molecule has 0 fully saturated rings. The third-order valence-corrected chi connectivity index (χ3v) is 3.98. The molecule has 0 bridgehead atoms. The van der Waals surface area contributed by atoms with Gasteiger partial charge in [-0.15, -0.1) is 0 Å². The van der Waals surface area contributed by atoms with Gasteiger partial charge in [0.05, 0.1) is 5.57 Å². The fourth-order valence-electron chi connectivity index (χ4n) is 2.40. The van der Waals surface area contributed by atoms with Crippen molar-refractivity contribution in [1.82, 2.24) is 0 Å². The number of allylic oxidation sites excluding steroid dienone is 7. The molecule has 0 radical (unpaired) electrons. The van der Waals surface area contributed by atoms with Crippen LogP contribution in [0.15, 0.2) is 71.5 Å². The Morgan fingerprint density at radius 2 is 1.77 bits per heavy atom. The van der Waals surface area contributed by atoms with Crippen molar-refractivity contribution in [2.75, 3.05) is 0 Å². The molecule has 1 aliphatic rings. The maximum Gasteiger partial charge on any atom is 0.426 e. The molecule has 0 amide bonds. The molecular weight excluding hydrogens is 338 g/mol. The zero-order valence-corrected chi connectivity index (χ0v) is 15.8. The third kappa shape index (κ3) is 6.54. The monoisotopic (exact) mass is 366 g/mol. The van der Waals surface area contributed by atoms with E-state index >= 15 is 0 Å². The molecule has 144 valence electrons. The number of aliphatic hydroxyl groups excluding tert-OH is 2. The molecule has 1 atom stereocenters. The van der Waals surface area contributed by atoms with Crippen molar-refractivity contribution in [2.45, 2.75) is 53.1 Å².